The van der Waals surface area contributed by atoms with E-state index in [-0.39, 0.29) is 17.3 Å². The summed E-state index contributed by atoms with van der Waals surface area (Å²) in [6, 6.07) is 7.03. The van der Waals surface area contributed by atoms with Crippen LogP contribution in [-0.2, 0) is 0 Å². The molecule has 2 rings (SSSR count). The molecule has 0 aliphatic carbocycles. The maximum atomic E-state index is 13.6. The van der Waals surface area contributed by atoms with Crippen LogP contribution in [0, 0.1) is 15.2 Å². The van der Waals surface area contributed by atoms with Gasteiger partial charge in [-0.2, -0.15) is 0 Å². The molecule has 0 amide bonds. The SMILES string of the molecule is CCOc1cc(Nc2ccc(F)cc2I)c(N)cc1F. The van der Waals surface area contributed by atoms with Crippen molar-refractivity contribution in [1.29, 1.82) is 0 Å². The van der Waals surface area contributed by atoms with Crippen LogP contribution in [0.4, 0.5) is 25.8 Å². The number of hydrogen-bond donors (Lipinski definition) is 2. The van der Waals surface area contributed by atoms with E-state index in [9.17, 15) is 8.78 Å². The summed E-state index contributed by atoms with van der Waals surface area (Å²) in [6.07, 6.45) is 0. The van der Waals surface area contributed by atoms with Crippen LogP contribution in [0.1, 0.15) is 6.92 Å². The Hall–Kier alpha value is -1.57. The van der Waals surface area contributed by atoms with E-state index in [1.807, 2.05) is 22.6 Å². The van der Waals surface area contributed by atoms with E-state index in [4.69, 9.17) is 10.5 Å². The van der Waals surface area contributed by atoms with Gasteiger partial charge in [0, 0.05) is 15.7 Å². The van der Waals surface area contributed by atoms with Crippen LogP contribution in [0.3, 0.4) is 0 Å². The maximum Gasteiger partial charge on any atom is 0.167 e. The lowest BCUT2D eigenvalue weighted by Crippen LogP contribution is -2.02. The van der Waals surface area contributed by atoms with Crippen LogP contribution in [0.25, 0.3) is 0 Å². The average molecular weight is 390 g/mol. The highest BCUT2D eigenvalue weighted by atomic mass is 127. The standard InChI is InChI=1S/C14H13F2IN2O/c1-2-20-14-7-13(11(18)6-9(14)16)19-12-4-3-8(15)5-10(12)17/h3-7,19H,2,18H2,1H3. The summed E-state index contributed by atoms with van der Waals surface area (Å²) in [5.74, 6) is -0.702. The molecule has 0 spiro atoms. The Morgan fingerprint density at radius 2 is 1.95 bits per heavy atom. The number of ether oxygens (including phenoxy) is 1. The third-order valence-electron chi connectivity index (χ3n) is 2.60. The largest absolute Gasteiger partial charge is 0.491 e. The molecule has 3 N–H and O–H groups in total. The summed E-state index contributed by atoms with van der Waals surface area (Å²) >= 11 is 2.01. The summed E-state index contributed by atoms with van der Waals surface area (Å²) in [5, 5.41) is 3.05. The fourth-order valence-electron chi connectivity index (χ4n) is 1.68. The molecule has 0 saturated heterocycles. The summed E-state index contributed by atoms with van der Waals surface area (Å²) in [6.45, 7) is 2.13. The highest BCUT2D eigenvalue weighted by Crippen LogP contribution is 2.32. The van der Waals surface area contributed by atoms with Gasteiger partial charge in [-0.15, -0.1) is 0 Å². The zero-order valence-electron chi connectivity index (χ0n) is 10.7. The van der Waals surface area contributed by atoms with Crippen molar-refractivity contribution in [2.24, 2.45) is 0 Å². The fraction of sp³-hybridized carbons (Fsp3) is 0.143. The van der Waals surface area contributed by atoms with E-state index in [0.717, 1.165) is 0 Å². The molecule has 0 aromatic heterocycles. The van der Waals surface area contributed by atoms with E-state index in [1.165, 1.54) is 24.3 Å². The topological polar surface area (TPSA) is 47.3 Å². The summed E-state index contributed by atoms with van der Waals surface area (Å²) in [7, 11) is 0. The van der Waals surface area contributed by atoms with Crippen LogP contribution in [0.2, 0.25) is 0 Å². The normalized spacial score (nSPS) is 10.4. The third-order valence-corrected chi connectivity index (χ3v) is 3.50. The highest BCUT2D eigenvalue weighted by Gasteiger charge is 2.10. The number of nitrogen functional groups attached to an aromatic ring is 1. The number of halogens is 3. The van der Waals surface area contributed by atoms with Crippen molar-refractivity contribution >= 4 is 39.7 Å². The molecular formula is C14H13F2IN2O. The van der Waals surface area contributed by atoms with E-state index < -0.39 is 5.82 Å². The average Bonchev–Trinajstić information content (AvgIpc) is 2.38. The molecule has 106 valence electrons. The first-order chi connectivity index (χ1) is 9.51. The van der Waals surface area contributed by atoms with Crippen LogP contribution in [0.15, 0.2) is 30.3 Å². The zero-order valence-corrected chi connectivity index (χ0v) is 12.9. The van der Waals surface area contributed by atoms with Gasteiger partial charge in [-0.25, -0.2) is 8.78 Å². The quantitative estimate of drug-likeness (QED) is 0.605. The van der Waals surface area contributed by atoms with Crippen molar-refractivity contribution < 1.29 is 13.5 Å². The lowest BCUT2D eigenvalue weighted by molar-refractivity contribution is 0.322. The monoisotopic (exact) mass is 390 g/mol. The number of anilines is 3. The minimum absolute atomic E-state index is 0.126. The molecule has 2 aromatic rings. The van der Waals surface area contributed by atoms with Crippen molar-refractivity contribution in [3.63, 3.8) is 0 Å². The van der Waals surface area contributed by atoms with Gasteiger partial charge in [-0.1, -0.05) is 0 Å². The molecule has 0 aliphatic heterocycles. The fourth-order valence-corrected chi connectivity index (χ4v) is 2.29. The third kappa shape index (κ3) is 3.30. The Balaban J connectivity index is 2.35. The van der Waals surface area contributed by atoms with Crippen molar-refractivity contribution in [1.82, 2.24) is 0 Å². The molecule has 0 heterocycles. The Labute approximate surface area is 129 Å². The van der Waals surface area contributed by atoms with E-state index in [0.29, 0.717) is 21.6 Å². The number of nitrogens with two attached hydrogens (primary N) is 1. The maximum absolute atomic E-state index is 13.6. The second kappa shape index (κ2) is 6.25. The van der Waals surface area contributed by atoms with Gasteiger partial charge in [0.25, 0.3) is 0 Å². The molecule has 0 atom stereocenters. The molecule has 0 aliphatic rings. The van der Waals surface area contributed by atoms with Gasteiger partial charge in [-0.05, 0) is 47.7 Å². The number of nitrogens with one attached hydrogen (secondary N) is 1. The molecule has 20 heavy (non-hydrogen) atoms. The molecular weight excluding hydrogens is 377 g/mol. The molecule has 0 saturated carbocycles. The van der Waals surface area contributed by atoms with Crippen LogP contribution < -0.4 is 15.8 Å². The molecule has 0 unspecified atom stereocenters. The Bertz CT molecular complexity index is 635. The van der Waals surface area contributed by atoms with Crippen molar-refractivity contribution in [2.75, 3.05) is 17.7 Å². The van der Waals surface area contributed by atoms with E-state index in [1.54, 1.807) is 13.0 Å². The summed E-state index contributed by atoms with van der Waals surface area (Å²) in [4.78, 5) is 0. The molecule has 3 nitrogen and oxygen atoms in total. The molecule has 2 aromatic carbocycles. The van der Waals surface area contributed by atoms with Gasteiger partial charge in [0.05, 0.1) is 23.7 Å². The second-order valence-electron chi connectivity index (χ2n) is 4.05. The van der Waals surface area contributed by atoms with Gasteiger partial charge >= 0.3 is 0 Å². The van der Waals surface area contributed by atoms with Crippen molar-refractivity contribution in [2.45, 2.75) is 6.92 Å². The van der Waals surface area contributed by atoms with E-state index >= 15 is 0 Å². The lowest BCUT2D eigenvalue weighted by Gasteiger charge is -2.13. The van der Waals surface area contributed by atoms with Crippen molar-refractivity contribution in [3.8, 4) is 5.75 Å². The zero-order chi connectivity index (χ0) is 14.7. The van der Waals surface area contributed by atoms with Crippen LogP contribution >= 0.6 is 22.6 Å². The molecule has 6 heteroatoms. The van der Waals surface area contributed by atoms with Gasteiger partial charge < -0.3 is 15.8 Å². The first-order valence-electron chi connectivity index (χ1n) is 5.95. The van der Waals surface area contributed by atoms with Gasteiger partial charge in [-0.3, -0.25) is 0 Å². The minimum Gasteiger partial charge on any atom is -0.491 e. The second-order valence-corrected chi connectivity index (χ2v) is 5.21. The summed E-state index contributed by atoms with van der Waals surface area (Å²) < 4.78 is 32.5. The number of hydrogen-bond acceptors (Lipinski definition) is 3. The van der Waals surface area contributed by atoms with Crippen LogP contribution in [-0.4, -0.2) is 6.61 Å². The Morgan fingerprint density at radius 1 is 1.20 bits per heavy atom. The molecule has 0 radical (unpaired) electrons. The molecule has 0 bridgehead atoms. The summed E-state index contributed by atoms with van der Waals surface area (Å²) in [5.41, 5.74) is 7.24. The predicted octanol–water partition coefficient (Wildman–Crippen LogP) is 4.29. The smallest absolute Gasteiger partial charge is 0.167 e. The number of benzene rings is 2. The van der Waals surface area contributed by atoms with Gasteiger partial charge in [0.15, 0.2) is 11.6 Å². The highest BCUT2D eigenvalue weighted by molar-refractivity contribution is 14.1. The van der Waals surface area contributed by atoms with Crippen LogP contribution in [0.5, 0.6) is 5.75 Å². The molecule has 0 fully saturated rings. The lowest BCUT2D eigenvalue weighted by atomic mass is 10.2. The minimum atomic E-state index is -0.510. The van der Waals surface area contributed by atoms with Gasteiger partial charge in [0.1, 0.15) is 5.82 Å². The van der Waals surface area contributed by atoms with Crippen molar-refractivity contribution in [3.05, 3.63) is 45.5 Å². The predicted molar refractivity (Wildman–Crippen MR) is 84.4 cm³/mol. The first kappa shape index (κ1) is 14.8. The Morgan fingerprint density at radius 3 is 2.60 bits per heavy atom. The van der Waals surface area contributed by atoms with Gasteiger partial charge in [0.2, 0.25) is 0 Å². The van der Waals surface area contributed by atoms with E-state index in [2.05, 4.69) is 5.32 Å². The first-order valence-corrected chi connectivity index (χ1v) is 7.03. The number of rotatable bonds is 4. The Kier molecular flexibility index (Phi) is 4.64.